The minimum Gasteiger partial charge on any atom is -0.487 e. The van der Waals surface area contributed by atoms with E-state index in [1.807, 2.05) is 68.4 Å². The van der Waals surface area contributed by atoms with Gasteiger partial charge in [-0.2, -0.15) is 10.4 Å². The second-order valence-electron chi connectivity index (χ2n) is 8.34. The Hall–Kier alpha value is -3.50. The standard InChI is InChI=1S/C24H20N4O2S/c1-24(2)12-19-21(22(29)16(24)13-25)18(14-30-15-8-4-3-5-9-15)27-28(19)23-26-17-10-6-7-11-20(17)31-23/h3-11,16H,12,14H2,1-2H3. The lowest BCUT2D eigenvalue weighted by atomic mass is 9.68. The first kappa shape index (κ1) is 19.5. The minimum absolute atomic E-state index is 0.147. The van der Waals surface area contributed by atoms with Crippen molar-refractivity contribution in [1.29, 1.82) is 5.26 Å². The number of nitriles is 1. The van der Waals surface area contributed by atoms with Crippen molar-refractivity contribution in [3.63, 3.8) is 0 Å². The van der Waals surface area contributed by atoms with Crippen LogP contribution in [0, 0.1) is 22.7 Å². The normalized spacial score (nSPS) is 17.3. The van der Waals surface area contributed by atoms with E-state index < -0.39 is 11.3 Å². The maximum Gasteiger partial charge on any atom is 0.211 e. The molecule has 6 nitrogen and oxygen atoms in total. The van der Waals surface area contributed by atoms with Crippen LogP contribution in [0.1, 0.15) is 35.6 Å². The molecule has 0 aliphatic heterocycles. The molecule has 7 heteroatoms. The van der Waals surface area contributed by atoms with E-state index in [-0.39, 0.29) is 12.4 Å². The number of nitrogens with zero attached hydrogens (tertiary/aromatic N) is 4. The van der Waals surface area contributed by atoms with Crippen molar-refractivity contribution in [3.05, 3.63) is 71.5 Å². The van der Waals surface area contributed by atoms with Crippen molar-refractivity contribution in [2.45, 2.75) is 26.9 Å². The summed E-state index contributed by atoms with van der Waals surface area (Å²) in [5, 5.41) is 15.2. The lowest BCUT2D eigenvalue weighted by molar-refractivity contribution is 0.0831. The molecule has 1 atom stereocenters. The smallest absolute Gasteiger partial charge is 0.211 e. The van der Waals surface area contributed by atoms with Crippen LogP contribution in [0.3, 0.4) is 0 Å². The summed E-state index contributed by atoms with van der Waals surface area (Å²) in [5.74, 6) is -0.206. The third-order valence-corrected chi connectivity index (χ3v) is 6.69. The van der Waals surface area contributed by atoms with E-state index >= 15 is 0 Å². The zero-order chi connectivity index (χ0) is 21.6. The van der Waals surface area contributed by atoms with Crippen LogP contribution >= 0.6 is 11.3 Å². The van der Waals surface area contributed by atoms with Crippen molar-refractivity contribution in [2.24, 2.45) is 11.3 Å². The summed E-state index contributed by atoms with van der Waals surface area (Å²) in [6.07, 6.45) is 0.556. The lowest BCUT2D eigenvalue weighted by Crippen LogP contribution is -2.38. The first-order valence-corrected chi connectivity index (χ1v) is 10.9. The number of aromatic nitrogens is 3. The zero-order valence-corrected chi connectivity index (χ0v) is 18.0. The second kappa shape index (κ2) is 7.33. The van der Waals surface area contributed by atoms with Crippen molar-refractivity contribution in [1.82, 2.24) is 14.8 Å². The summed E-state index contributed by atoms with van der Waals surface area (Å²) in [6.45, 7) is 4.06. The molecule has 0 saturated carbocycles. The van der Waals surface area contributed by atoms with Gasteiger partial charge in [0.05, 0.1) is 27.5 Å². The molecule has 2 heterocycles. The molecule has 1 aliphatic rings. The van der Waals surface area contributed by atoms with Gasteiger partial charge in [-0.3, -0.25) is 4.79 Å². The van der Waals surface area contributed by atoms with E-state index in [9.17, 15) is 10.1 Å². The van der Waals surface area contributed by atoms with Crippen molar-refractivity contribution >= 4 is 27.3 Å². The molecule has 0 bridgehead atoms. The number of ketones is 1. The van der Waals surface area contributed by atoms with Gasteiger partial charge in [-0.05, 0) is 36.1 Å². The molecular weight excluding hydrogens is 408 g/mol. The van der Waals surface area contributed by atoms with Crippen LogP contribution in [0.5, 0.6) is 5.75 Å². The van der Waals surface area contributed by atoms with E-state index in [1.54, 1.807) is 4.68 Å². The number of hydrogen-bond donors (Lipinski definition) is 0. The summed E-state index contributed by atoms with van der Waals surface area (Å²) >= 11 is 1.53. The Balaban J connectivity index is 1.63. The molecule has 31 heavy (non-hydrogen) atoms. The van der Waals surface area contributed by atoms with Crippen LogP contribution in [0.25, 0.3) is 15.3 Å². The first-order chi connectivity index (χ1) is 15.0. The highest BCUT2D eigenvalue weighted by Gasteiger charge is 2.45. The molecule has 154 valence electrons. The number of fused-ring (bicyclic) bond motifs is 2. The van der Waals surface area contributed by atoms with Gasteiger partial charge in [-0.1, -0.05) is 55.5 Å². The summed E-state index contributed by atoms with van der Waals surface area (Å²) in [6, 6.07) is 19.6. The monoisotopic (exact) mass is 428 g/mol. The summed E-state index contributed by atoms with van der Waals surface area (Å²) in [5.41, 5.74) is 2.24. The van der Waals surface area contributed by atoms with Crippen LogP contribution in [-0.2, 0) is 13.0 Å². The molecular formula is C24H20N4O2S. The number of hydrogen-bond acceptors (Lipinski definition) is 6. The predicted molar refractivity (Wildman–Crippen MR) is 118 cm³/mol. The second-order valence-corrected chi connectivity index (χ2v) is 9.35. The van der Waals surface area contributed by atoms with Crippen LogP contribution < -0.4 is 4.74 Å². The molecule has 0 radical (unpaired) electrons. The number of carbonyl (C=O) groups is 1. The Bertz CT molecular complexity index is 1300. The number of Topliss-reactive ketones (excluding diaryl/α,β-unsaturated/α-hetero) is 1. The van der Waals surface area contributed by atoms with Gasteiger partial charge >= 0.3 is 0 Å². The van der Waals surface area contributed by atoms with E-state index in [4.69, 9.17) is 14.8 Å². The lowest BCUT2D eigenvalue weighted by Gasteiger charge is -2.33. The van der Waals surface area contributed by atoms with Gasteiger partial charge in [0.2, 0.25) is 5.13 Å². The SMILES string of the molecule is CC1(C)Cc2c(c(COc3ccccc3)nn2-c2nc3ccccc3s2)C(=O)C1C#N. The van der Waals surface area contributed by atoms with E-state index in [0.717, 1.165) is 15.9 Å². The quantitative estimate of drug-likeness (QED) is 0.459. The fourth-order valence-electron chi connectivity index (χ4n) is 4.10. The van der Waals surface area contributed by atoms with E-state index in [2.05, 4.69) is 6.07 Å². The van der Waals surface area contributed by atoms with Crippen LogP contribution in [0.15, 0.2) is 54.6 Å². The van der Waals surface area contributed by atoms with Gasteiger partial charge in [0.15, 0.2) is 5.78 Å². The van der Waals surface area contributed by atoms with Gasteiger partial charge in [-0.15, -0.1) is 0 Å². The Labute approximate surface area is 183 Å². The molecule has 0 fully saturated rings. The maximum absolute atomic E-state index is 13.4. The Kier molecular flexibility index (Phi) is 4.60. The fraction of sp³-hybridized carbons (Fsp3) is 0.250. The summed E-state index contributed by atoms with van der Waals surface area (Å²) in [4.78, 5) is 18.1. The van der Waals surface area contributed by atoms with E-state index in [1.165, 1.54) is 11.3 Å². The van der Waals surface area contributed by atoms with Crippen molar-refractivity contribution < 1.29 is 9.53 Å². The largest absolute Gasteiger partial charge is 0.487 e. The van der Waals surface area contributed by atoms with Crippen molar-refractivity contribution in [3.8, 4) is 17.0 Å². The topological polar surface area (TPSA) is 80.8 Å². The van der Waals surface area contributed by atoms with Gasteiger partial charge in [0, 0.05) is 0 Å². The molecule has 0 amide bonds. The average Bonchev–Trinajstić information content (AvgIpc) is 3.34. The van der Waals surface area contributed by atoms with Crippen LogP contribution in [0.4, 0.5) is 0 Å². The molecule has 2 aromatic heterocycles. The Morgan fingerprint density at radius 2 is 1.94 bits per heavy atom. The third kappa shape index (κ3) is 3.29. The molecule has 1 unspecified atom stereocenters. The first-order valence-electron chi connectivity index (χ1n) is 10.1. The minimum atomic E-state index is -0.719. The summed E-state index contributed by atoms with van der Waals surface area (Å²) < 4.78 is 8.74. The average molecular weight is 429 g/mol. The molecule has 1 aliphatic carbocycles. The zero-order valence-electron chi connectivity index (χ0n) is 17.2. The molecule has 4 aromatic rings. The molecule has 0 spiro atoms. The number of carbonyl (C=O) groups excluding carboxylic acids is 1. The predicted octanol–water partition coefficient (Wildman–Crippen LogP) is 4.97. The van der Waals surface area contributed by atoms with Gasteiger partial charge in [0.25, 0.3) is 0 Å². The van der Waals surface area contributed by atoms with Gasteiger partial charge < -0.3 is 4.74 Å². The highest BCUT2D eigenvalue weighted by molar-refractivity contribution is 7.20. The third-order valence-electron chi connectivity index (χ3n) is 5.68. The molecule has 0 saturated heterocycles. The van der Waals surface area contributed by atoms with Crippen molar-refractivity contribution in [2.75, 3.05) is 0 Å². The number of thiazole rings is 1. The number of benzene rings is 2. The highest BCUT2D eigenvalue weighted by Crippen LogP contribution is 2.42. The highest BCUT2D eigenvalue weighted by atomic mass is 32.1. The van der Waals surface area contributed by atoms with Gasteiger partial charge in [0.1, 0.15) is 24.0 Å². The molecule has 0 N–H and O–H groups in total. The van der Waals surface area contributed by atoms with E-state index in [0.29, 0.717) is 28.6 Å². The maximum atomic E-state index is 13.4. The number of ether oxygens (including phenoxy) is 1. The number of para-hydroxylation sites is 2. The van der Waals surface area contributed by atoms with Crippen LogP contribution in [-0.4, -0.2) is 20.5 Å². The fourth-order valence-corrected chi connectivity index (χ4v) is 5.04. The molecule has 2 aromatic carbocycles. The summed E-state index contributed by atoms with van der Waals surface area (Å²) in [7, 11) is 0. The Morgan fingerprint density at radius 1 is 1.19 bits per heavy atom. The van der Waals surface area contributed by atoms with Gasteiger partial charge in [-0.25, -0.2) is 9.67 Å². The van der Waals surface area contributed by atoms with Crippen LogP contribution in [0.2, 0.25) is 0 Å². The molecule has 5 rings (SSSR count). The Morgan fingerprint density at radius 3 is 2.68 bits per heavy atom. The number of rotatable bonds is 4.